The number of nitrogens with zero attached hydrogens (tertiary/aromatic N) is 2. The second-order valence-corrected chi connectivity index (χ2v) is 6.69. The largest absolute Gasteiger partial charge is 0.493 e. The Kier molecular flexibility index (Phi) is 4.41. The van der Waals surface area contributed by atoms with Gasteiger partial charge in [-0.2, -0.15) is 12.6 Å². The molecule has 2 aliphatic rings. The van der Waals surface area contributed by atoms with E-state index in [-0.39, 0.29) is 5.84 Å². The number of rotatable bonds is 4. The molecule has 0 saturated heterocycles. The quantitative estimate of drug-likeness (QED) is 0.753. The molecule has 1 unspecified atom stereocenters. The van der Waals surface area contributed by atoms with Crippen LogP contribution in [0.2, 0.25) is 5.02 Å². The minimum Gasteiger partial charge on any atom is -0.493 e. The van der Waals surface area contributed by atoms with Crippen molar-refractivity contribution in [3.63, 3.8) is 0 Å². The highest BCUT2D eigenvalue weighted by Gasteiger charge is 2.53. The normalized spacial score (nSPS) is 24.4. The van der Waals surface area contributed by atoms with Gasteiger partial charge in [0.25, 0.3) is 11.6 Å². The molecular formula is C13H13ClN4O6S. The van der Waals surface area contributed by atoms with Crippen molar-refractivity contribution in [2.45, 2.75) is 19.1 Å². The molecular weight excluding hydrogens is 376 g/mol. The topological polar surface area (TPSA) is 142 Å². The predicted molar refractivity (Wildman–Crippen MR) is 87.4 cm³/mol. The Morgan fingerprint density at radius 1 is 1.44 bits per heavy atom. The van der Waals surface area contributed by atoms with Crippen molar-refractivity contribution in [1.82, 2.24) is 5.32 Å². The molecule has 0 fully saturated rings. The lowest BCUT2D eigenvalue weighted by molar-refractivity contribution is -0.131. The first-order valence-electron chi connectivity index (χ1n) is 7.09. The van der Waals surface area contributed by atoms with Crippen molar-refractivity contribution in [3.05, 3.63) is 28.8 Å². The highest BCUT2D eigenvalue weighted by molar-refractivity contribution is 7.82. The molecule has 25 heavy (non-hydrogen) atoms. The van der Waals surface area contributed by atoms with E-state index in [1.54, 1.807) is 12.1 Å². The maximum Gasteiger partial charge on any atom is 0.471 e. The molecule has 0 spiro atoms. The molecule has 0 bridgehead atoms. The van der Waals surface area contributed by atoms with Gasteiger partial charge in [-0.1, -0.05) is 18.5 Å². The van der Waals surface area contributed by atoms with E-state index in [1.165, 1.54) is 6.07 Å². The Balaban J connectivity index is 2.07. The van der Waals surface area contributed by atoms with Gasteiger partial charge >= 0.3 is 10.4 Å². The average molecular weight is 389 g/mol. The molecule has 2 heterocycles. The van der Waals surface area contributed by atoms with Gasteiger partial charge in [0.15, 0.2) is 0 Å². The molecule has 0 aliphatic carbocycles. The number of fused-ring (bicyclic) bond motifs is 1. The Labute approximate surface area is 147 Å². The van der Waals surface area contributed by atoms with Crippen LogP contribution in [0.25, 0.3) is 0 Å². The van der Waals surface area contributed by atoms with Gasteiger partial charge in [0, 0.05) is 5.02 Å². The Bertz CT molecular complexity index is 900. The summed E-state index contributed by atoms with van der Waals surface area (Å²) in [6.07, 6.45) is 0.763. The fourth-order valence-corrected chi connectivity index (χ4v) is 2.93. The van der Waals surface area contributed by atoms with Gasteiger partial charge in [0.2, 0.25) is 5.84 Å². The highest BCUT2D eigenvalue weighted by Crippen LogP contribution is 2.27. The molecule has 12 heteroatoms. The number of halogens is 1. The van der Waals surface area contributed by atoms with Gasteiger partial charge in [-0.25, -0.2) is 9.28 Å². The molecule has 10 nitrogen and oxygen atoms in total. The maximum atomic E-state index is 12.3. The van der Waals surface area contributed by atoms with Crippen LogP contribution in [0.5, 0.6) is 5.75 Å². The number of carbonyl (C=O) groups excluding carboxylic acids is 1. The lowest BCUT2D eigenvalue weighted by Gasteiger charge is -2.31. The van der Waals surface area contributed by atoms with Crippen LogP contribution in [0.4, 0.5) is 0 Å². The fourth-order valence-electron chi connectivity index (χ4n) is 2.09. The predicted octanol–water partition coefficient (Wildman–Crippen LogP) is 0.265. The van der Waals surface area contributed by atoms with Crippen molar-refractivity contribution in [1.29, 1.82) is 0 Å². The van der Waals surface area contributed by atoms with Crippen LogP contribution in [0.3, 0.4) is 0 Å². The molecule has 1 amide bonds. The van der Waals surface area contributed by atoms with Crippen molar-refractivity contribution in [3.8, 4) is 5.75 Å². The van der Waals surface area contributed by atoms with Crippen molar-refractivity contribution < 1.29 is 26.4 Å². The standard InChI is InChI=1S/C13H13ClN4O6S/c1-2-5-22-9-4-3-7(14)6-8(9)10-16-11-13(15,12(19)17-10)23-25(20,21)24-18-11/h3-4,6H,2,5,15H2,1H3,(H,16,17,18,19). The van der Waals surface area contributed by atoms with Crippen LogP contribution in [-0.4, -0.2) is 38.3 Å². The van der Waals surface area contributed by atoms with Crippen LogP contribution in [0.15, 0.2) is 28.3 Å². The van der Waals surface area contributed by atoms with Gasteiger partial charge in [-0.3, -0.25) is 10.5 Å². The fraction of sp³-hybridized carbons (Fsp3) is 0.308. The summed E-state index contributed by atoms with van der Waals surface area (Å²) in [5.74, 6) is -1.00. The van der Waals surface area contributed by atoms with Gasteiger partial charge in [0.1, 0.15) is 11.6 Å². The van der Waals surface area contributed by atoms with Crippen LogP contribution < -0.4 is 15.8 Å². The molecule has 1 aromatic carbocycles. The monoisotopic (exact) mass is 388 g/mol. The zero-order valence-electron chi connectivity index (χ0n) is 12.9. The highest BCUT2D eigenvalue weighted by atomic mass is 35.5. The zero-order chi connectivity index (χ0) is 18.2. The first-order valence-corrected chi connectivity index (χ1v) is 8.81. The summed E-state index contributed by atoms with van der Waals surface area (Å²) in [5, 5.41) is 6.02. The summed E-state index contributed by atoms with van der Waals surface area (Å²) in [5.41, 5.74) is 3.64. The lowest BCUT2D eigenvalue weighted by atomic mass is 10.1. The van der Waals surface area contributed by atoms with Crippen LogP contribution in [-0.2, 0) is 23.7 Å². The average Bonchev–Trinajstić information content (AvgIpc) is 2.54. The first-order chi connectivity index (χ1) is 11.7. The third-order valence-electron chi connectivity index (χ3n) is 3.23. The van der Waals surface area contributed by atoms with E-state index in [9.17, 15) is 13.2 Å². The summed E-state index contributed by atoms with van der Waals surface area (Å²) in [6, 6.07) is 4.76. The molecule has 0 aromatic heterocycles. The molecule has 0 saturated carbocycles. The minimum atomic E-state index is -4.54. The number of benzene rings is 1. The summed E-state index contributed by atoms with van der Waals surface area (Å²) in [6.45, 7) is 2.37. The number of oxime groups is 1. The van der Waals surface area contributed by atoms with Crippen molar-refractivity contribution >= 4 is 39.6 Å². The first kappa shape index (κ1) is 17.6. The number of carbonyl (C=O) groups is 1. The molecule has 1 aromatic rings. The van der Waals surface area contributed by atoms with Gasteiger partial charge in [0.05, 0.1) is 12.2 Å². The maximum absolute atomic E-state index is 12.3. The summed E-state index contributed by atoms with van der Waals surface area (Å²) < 4.78 is 36.9. The van der Waals surface area contributed by atoms with E-state index >= 15 is 0 Å². The Hall–Kier alpha value is -2.21. The number of aliphatic imine (C=N–C) groups is 1. The molecule has 0 radical (unpaired) electrons. The van der Waals surface area contributed by atoms with E-state index in [0.717, 1.165) is 6.42 Å². The summed E-state index contributed by atoms with van der Waals surface area (Å²) >= 11 is 6.00. The number of nitrogens with two attached hydrogens (primary N) is 1. The number of amidine groups is 2. The molecule has 3 rings (SSSR count). The smallest absolute Gasteiger partial charge is 0.471 e. The molecule has 3 N–H and O–H groups in total. The van der Waals surface area contributed by atoms with Gasteiger partial charge in [-0.05, 0) is 29.8 Å². The number of nitrogens with one attached hydrogen (secondary N) is 1. The van der Waals surface area contributed by atoms with Gasteiger partial charge < -0.3 is 10.1 Å². The third-order valence-corrected chi connectivity index (χ3v) is 4.19. The second-order valence-electron chi connectivity index (χ2n) is 5.12. The van der Waals surface area contributed by atoms with E-state index in [0.29, 0.717) is 22.9 Å². The number of hydrogen-bond donors (Lipinski definition) is 2. The molecule has 134 valence electrons. The van der Waals surface area contributed by atoms with Crippen LogP contribution in [0.1, 0.15) is 18.9 Å². The Morgan fingerprint density at radius 3 is 2.92 bits per heavy atom. The van der Waals surface area contributed by atoms with Crippen LogP contribution >= 0.6 is 11.6 Å². The van der Waals surface area contributed by atoms with Gasteiger partial charge in [-0.15, -0.1) is 0 Å². The molecule has 1 atom stereocenters. The van der Waals surface area contributed by atoms with E-state index < -0.39 is 27.9 Å². The summed E-state index contributed by atoms with van der Waals surface area (Å²) in [7, 11) is -4.54. The van der Waals surface area contributed by atoms with Crippen molar-refractivity contribution in [2.75, 3.05) is 6.61 Å². The van der Waals surface area contributed by atoms with E-state index in [1.807, 2.05) is 6.92 Å². The van der Waals surface area contributed by atoms with E-state index in [2.05, 4.69) is 23.9 Å². The number of hydrogen-bond acceptors (Lipinski definition) is 9. The lowest BCUT2D eigenvalue weighted by Crippen LogP contribution is -2.66. The van der Waals surface area contributed by atoms with Crippen molar-refractivity contribution in [2.24, 2.45) is 15.9 Å². The van der Waals surface area contributed by atoms with Crippen LogP contribution in [0, 0.1) is 0 Å². The number of amides is 1. The Morgan fingerprint density at radius 2 is 2.20 bits per heavy atom. The zero-order valence-corrected chi connectivity index (χ0v) is 14.4. The van der Waals surface area contributed by atoms with E-state index in [4.69, 9.17) is 22.1 Å². The SMILES string of the molecule is CCCOc1ccc(Cl)cc1C1=NC2=NOS(=O)(=O)OC2(N)C(=O)N1. The minimum absolute atomic E-state index is 0.0185. The number of ether oxygens (including phenoxy) is 1. The third kappa shape index (κ3) is 3.31. The molecule has 2 aliphatic heterocycles. The summed E-state index contributed by atoms with van der Waals surface area (Å²) in [4.78, 5) is 16.3. The second kappa shape index (κ2) is 6.26.